The molecule has 0 fully saturated rings. The van der Waals surface area contributed by atoms with Crippen molar-refractivity contribution >= 4 is 0 Å². The third-order valence-electron chi connectivity index (χ3n) is 1.85. The molecule has 1 aromatic rings. The molecule has 0 amide bonds. The van der Waals surface area contributed by atoms with Gasteiger partial charge in [0.05, 0.1) is 0 Å². The molecule has 1 rings (SSSR count). The van der Waals surface area contributed by atoms with E-state index in [4.69, 9.17) is 5.73 Å². The maximum Gasteiger partial charge on any atom is 0.253 e. The van der Waals surface area contributed by atoms with Crippen LogP contribution in [0.5, 0.6) is 0 Å². The highest BCUT2D eigenvalue weighted by Gasteiger charge is 1.99. The third kappa shape index (κ3) is 1.74. The predicted octanol–water partition coefficient (Wildman–Crippen LogP) is 0.369. The van der Waals surface area contributed by atoms with Crippen molar-refractivity contribution in [3.05, 3.63) is 34.2 Å². The molecule has 12 heavy (non-hydrogen) atoms. The molecule has 0 radical (unpaired) electrons. The Morgan fingerprint density at radius 3 is 2.92 bits per heavy atom. The van der Waals surface area contributed by atoms with Crippen molar-refractivity contribution in [1.82, 2.24) is 4.57 Å². The molecule has 2 N–H and O–H groups in total. The average Bonchev–Trinajstić information content (AvgIpc) is 2.09. The van der Waals surface area contributed by atoms with E-state index in [1.165, 1.54) is 0 Å². The van der Waals surface area contributed by atoms with E-state index in [9.17, 15) is 4.79 Å². The van der Waals surface area contributed by atoms with Gasteiger partial charge in [0.2, 0.25) is 0 Å². The second-order valence-corrected chi connectivity index (χ2v) is 2.66. The van der Waals surface area contributed by atoms with Crippen LogP contribution in [-0.2, 0) is 13.0 Å². The van der Waals surface area contributed by atoms with Crippen LogP contribution in [-0.4, -0.2) is 11.1 Å². The Kier molecular flexibility index (Phi) is 3.05. The minimum atomic E-state index is 0.0884. The van der Waals surface area contributed by atoms with E-state index in [1.807, 2.05) is 19.1 Å². The fourth-order valence-electron chi connectivity index (χ4n) is 1.18. The van der Waals surface area contributed by atoms with Crippen LogP contribution in [0.15, 0.2) is 23.1 Å². The maximum atomic E-state index is 11.5. The molecule has 0 spiro atoms. The molecule has 1 heterocycles. The molecule has 0 saturated carbocycles. The van der Waals surface area contributed by atoms with E-state index in [0.717, 1.165) is 12.1 Å². The number of aryl methyl sites for hydroxylation is 1. The summed E-state index contributed by atoms with van der Waals surface area (Å²) >= 11 is 0. The van der Waals surface area contributed by atoms with E-state index in [-0.39, 0.29) is 5.56 Å². The van der Waals surface area contributed by atoms with Gasteiger partial charge in [-0.2, -0.15) is 0 Å². The fourth-order valence-corrected chi connectivity index (χ4v) is 1.18. The Balaban J connectivity index is 3.06. The van der Waals surface area contributed by atoms with Gasteiger partial charge in [0.1, 0.15) is 0 Å². The van der Waals surface area contributed by atoms with Crippen LogP contribution in [0.25, 0.3) is 0 Å². The topological polar surface area (TPSA) is 48.0 Å². The Hall–Kier alpha value is -1.09. The van der Waals surface area contributed by atoms with E-state index >= 15 is 0 Å². The van der Waals surface area contributed by atoms with Gasteiger partial charge in [-0.15, -0.1) is 0 Å². The van der Waals surface area contributed by atoms with Crippen molar-refractivity contribution in [2.75, 3.05) is 6.54 Å². The minimum Gasteiger partial charge on any atom is -0.330 e. The number of hydrogen-bond acceptors (Lipinski definition) is 2. The van der Waals surface area contributed by atoms with Crippen LogP contribution in [0.1, 0.15) is 12.5 Å². The van der Waals surface area contributed by atoms with Crippen molar-refractivity contribution in [2.24, 2.45) is 5.73 Å². The molecule has 3 heteroatoms. The van der Waals surface area contributed by atoms with Crippen LogP contribution in [0.2, 0.25) is 0 Å². The summed E-state index contributed by atoms with van der Waals surface area (Å²) in [6, 6.07) is 3.72. The summed E-state index contributed by atoms with van der Waals surface area (Å²) < 4.78 is 1.69. The van der Waals surface area contributed by atoms with Crippen molar-refractivity contribution in [2.45, 2.75) is 19.9 Å². The molecule has 66 valence electrons. The zero-order valence-electron chi connectivity index (χ0n) is 7.29. The highest BCUT2D eigenvalue weighted by Crippen LogP contribution is 1.91. The number of aromatic nitrogens is 1. The van der Waals surface area contributed by atoms with Crippen molar-refractivity contribution in [3.8, 4) is 0 Å². The summed E-state index contributed by atoms with van der Waals surface area (Å²) in [6.07, 6.45) is 2.46. The lowest BCUT2D eigenvalue weighted by atomic mass is 10.2. The zero-order chi connectivity index (χ0) is 8.97. The van der Waals surface area contributed by atoms with Crippen LogP contribution in [0, 0.1) is 0 Å². The standard InChI is InChI=1S/C9H14N2O/c1-2-11-7-3-4-8(5-6-10)9(11)12/h3-4,7H,2,5-6,10H2,1H3. The Morgan fingerprint density at radius 1 is 1.58 bits per heavy atom. The fraction of sp³-hybridized carbons (Fsp3) is 0.444. The monoisotopic (exact) mass is 166 g/mol. The number of nitrogens with two attached hydrogens (primary N) is 1. The van der Waals surface area contributed by atoms with E-state index in [0.29, 0.717) is 13.0 Å². The zero-order valence-corrected chi connectivity index (χ0v) is 7.29. The lowest BCUT2D eigenvalue weighted by Crippen LogP contribution is -2.23. The Bertz CT molecular complexity index is 304. The van der Waals surface area contributed by atoms with Gasteiger partial charge in [-0.25, -0.2) is 0 Å². The lowest BCUT2D eigenvalue weighted by molar-refractivity contribution is 0.713. The van der Waals surface area contributed by atoms with Crippen LogP contribution in [0.3, 0.4) is 0 Å². The molecule has 0 unspecified atom stereocenters. The average molecular weight is 166 g/mol. The molecule has 0 aliphatic heterocycles. The highest BCUT2D eigenvalue weighted by atomic mass is 16.1. The number of rotatable bonds is 3. The van der Waals surface area contributed by atoms with Crippen molar-refractivity contribution in [3.63, 3.8) is 0 Å². The van der Waals surface area contributed by atoms with Gasteiger partial charge in [0, 0.05) is 18.3 Å². The molecule has 0 saturated heterocycles. The SMILES string of the molecule is CCn1cccc(CCN)c1=O. The van der Waals surface area contributed by atoms with Crippen LogP contribution in [0.4, 0.5) is 0 Å². The third-order valence-corrected chi connectivity index (χ3v) is 1.85. The molecule has 0 aliphatic rings. The van der Waals surface area contributed by atoms with E-state index in [2.05, 4.69) is 0 Å². The van der Waals surface area contributed by atoms with Crippen LogP contribution >= 0.6 is 0 Å². The van der Waals surface area contributed by atoms with Gasteiger partial charge in [0.25, 0.3) is 5.56 Å². The molecule has 0 atom stereocenters. The molecule has 3 nitrogen and oxygen atoms in total. The first-order valence-electron chi connectivity index (χ1n) is 4.18. The normalized spacial score (nSPS) is 10.2. The number of hydrogen-bond donors (Lipinski definition) is 1. The first kappa shape index (κ1) is 9.00. The summed E-state index contributed by atoms with van der Waals surface area (Å²) in [6.45, 7) is 3.20. The molecular formula is C9H14N2O. The molecular weight excluding hydrogens is 152 g/mol. The van der Waals surface area contributed by atoms with Gasteiger partial charge < -0.3 is 10.3 Å². The van der Waals surface area contributed by atoms with Gasteiger partial charge in [0.15, 0.2) is 0 Å². The Morgan fingerprint density at radius 2 is 2.33 bits per heavy atom. The van der Waals surface area contributed by atoms with E-state index in [1.54, 1.807) is 10.8 Å². The molecule has 0 bridgehead atoms. The summed E-state index contributed by atoms with van der Waals surface area (Å²) in [5, 5.41) is 0. The Labute approximate surface area is 71.8 Å². The highest BCUT2D eigenvalue weighted by molar-refractivity contribution is 5.10. The minimum absolute atomic E-state index is 0.0884. The first-order chi connectivity index (χ1) is 5.79. The van der Waals surface area contributed by atoms with Gasteiger partial charge in [-0.1, -0.05) is 6.07 Å². The maximum absolute atomic E-state index is 11.5. The van der Waals surface area contributed by atoms with Gasteiger partial charge >= 0.3 is 0 Å². The molecule has 0 aromatic carbocycles. The summed E-state index contributed by atoms with van der Waals surface area (Å²) in [4.78, 5) is 11.5. The second-order valence-electron chi connectivity index (χ2n) is 2.66. The lowest BCUT2D eigenvalue weighted by Gasteiger charge is -2.03. The van der Waals surface area contributed by atoms with Gasteiger partial charge in [-0.3, -0.25) is 4.79 Å². The largest absolute Gasteiger partial charge is 0.330 e. The molecule has 0 aliphatic carbocycles. The number of pyridine rings is 1. The van der Waals surface area contributed by atoms with Crippen molar-refractivity contribution < 1.29 is 0 Å². The van der Waals surface area contributed by atoms with Gasteiger partial charge in [-0.05, 0) is 26.0 Å². The second kappa shape index (κ2) is 4.07. The summed E-state index contributed by atoms with van der Waals surface area (Å²) in [5.41, 5.74) is 6.27. The quantitative estimate of drug-likeness (QED) is 0.705. The smallest absolute Gasteiger partial charge is 0.253 e. The molecule has 1 aromatic heterocycles. The number of nitrogens with zero attached hydrogens (tertiary/aromatic N) is 1. The summed E-state index contributed by atoms with van der Waals surface area (Å²) in [5.74, 6) is 0. The van der Waals surface area contributed by atoms with Crippen molar-refractivity contribution in [1.29, 1.82) is 0 Å². The first-order valence-corrected chi connectivity index (χ1v) is 4.18. The van der Waals surface area contributed by atoms with Crippen LogP contribution < -0.4 is 11.3 Å². The summed E-state index contributed by atoms with van der Waals surface area (Å²) in [7, 11) is 0. The predicted molar refractivity (Wildman–Crippen MR) is 49.1 cm³/mol. The van der Waals surface area contributed by atoms with E-state index < -0.39 is 0 Å².